The fourth-order valence-corrected chi connectivity index (χ4v) is 2.71. The zero-order valence-corrected chi connectivity index (χ0v) is 10.9. The fourth-order valence-electron chi connectivity index (χ4n) is 1.83. The van der Waals surface area contributed by atoms with E-state index in [0.29, 0.717) is 22.0 Å². The van der Waals surface area contributed by atoms with Gasteiger partial charge in [-0.15, -0.1) is 11.3 Å². The summed E-state index contributed by atoms with van der Waals surface area (Å²) in [6.45, 7) is 0. The molecule has 2 aromatic heterocycles. The van der Waals surface area contributed by atoms with E-state index in [9.17, 15) is 4.79 Å². The Morgan fingerprint density at radius 1 is 1.28 bits per heavy atom. The summed E-state index contributed by atoms with van der Waals surface area (Å²) in [5, 5.41) is 2.52. The lowest BCUT2D eigenvalue weighted by Crippen LogP contribution is -2.17. The van der Waals surface area contributed by atoms with E-state index >= 15 is 0 Å². The maximum atomic E-state index is 12.2. The highest BCUT2D eigenvalue weighted by molar-refractivity contribution is 7.15. The van der Waals surface area contributed by atoms with E-state index in [2.05, 4.69) is 4.98 Å². The topological polar surface area (TPSA) is 34.4 Å². The van der Waals surface area contributed by atoms with Gasteiger partial charge in [-0.05, 0) is 11.6 Å². The van der Waals surface area contributed by atoms with Crippen LogP contribution in [-0.4, -0.2) is 9.38 Å². The lowest BCUT2D eigenvalue weighted by Gasteiger charge is -2.03. The van der Waals surface area contributed by atoms with Crippen LogP contribution in [0.5, 0.6) is 0 Å². The molecule has 90 valence electrons. The monoisotopic (exact) mass is 276 g/mol. The van der Waals surface area contributed by atoms with Crippen LogP contribution < -0.4 is 5.56 Å². The number of thiazole rings is 1. The molecule has 0 radical (unpaired) electrons. The molecule has 3 nitrogen and oxygen atoms in total. The summed E-state index contributed by atoms with van der Waals surface area (Å²) in [6.07, 6.45) is 3.88. The second-order valence-electron chi connectivity index (χ2n) is 3.91. The summed E-state index contributed by atoms with van der Waals surface area (Å²) in [5.41, 5.74) is 1.56. The van der Waals surface area contributed by atoms with E-state index in [1.54, 1.807) is 16.8 Å². The van der Waals surface area contributed by atoms with Crippen molar-refractivity contribution < 1.29 is 0 Å². The number of hydrogen-bond acceptors (Lipinski definition) is 3. The summed E-state index contributed by atoms with van der Waals surface area (Å²) in [6, 6.07) is 7.53. The molecule has 3 rings (SSSR count). The lowest BCUT2D eigenvalue weighted by atomic mass is 10.1. The molecule has 2 heterocycles. The molecular weight excluding hydrogens is 268 g/mol. The molecule has 0 aliphatic carbocycles. The standard InChI is InChI=1S/C13H9ClN2OS/c14-11-4-2-1-3-9(11)7-10-8-15-13-16(12(10)17)5-6-18-13/h1-6,8H,7H2. The van der Waals surface area contributed by atoms with Gasteiger partial charge in [0.25, 0.3) is 5.56 Å². The lowest BCUT2D eigenvalue weighted by molar-refractivity contribution is 1.00. The van der Waals surface area contributed by atoms with Gasteiger partial charge in [0, 0.05) is 34.8 Å². The molecule has 0 N–H and O–H groups in total. The molecule has 0 saturated carbocycles. The summed E-state index contributed by atoms with van der Waals surface area (Å²) in [4.78, 5) is 17.2. The van der Waals surface area contributed by atoms with Gasteiger partial charge in [-0.3, -0.25) is 9.20 Å². The molecule has 0 unspecified atom stereocenters. The average Bonchev–Trinajstić information content (AvgIpc) is 2.84. The SMILES string of the molecule is O=c1c(Cc2ccccc2Cl)cnc2sccn12. The molecule has 1 aromatic carbocycles. The largest absolute Gasteiger partial charge is 0.269 e. The van der Waals surface area contributed by atoms with Crippen LogP contribution >= 0.6 is 22.9 Å². The van der Waals surface area contributed by atoms with E-state index in [1.807, 2.05) is 29.6 Å². The molecule has 3 aromatic rings. The number of benzene rings is 1. The summed E-state index contributed by atoms with van der Waals surface area (Å²) >= 11 is 7.54. The predicted octanol–water partition coefficient (Wildman–Crippen LogP) is 3.00. The molecule has 0 aliphatic heterocycles. The molecule has 18 heavy (non-hydrogen) atoms. The first kappa shape index (κ1) is 11.4. The molecule has 0 spiro atoms. The first-order valence-corrected chi connectivity index (χ1v) is 6.68. The van der Waals surface area contributed by atoms with Crippen LogP contribution in [0.3, 0.4) is 0 Å². The molecule has 0 saturated heterocycles. The van der Waals surface area contributed by atoms with Crippen LogP contribution in [0.1, 0.15) is 11.1 Å². The Morgan fingerprint density at radius 3 is 2.94 bits per heavy atom. The fraction of sp³-hybridized carbons (Fsp3) is 0.0769. The molecule has 0 atom stereocenters. The van der Waals surface area contributed by atoms with Crippen molar-refractivity contribution in [2.75, 3.05) is 0 Å². The molecule has 0 aliphatic rings. The summed E-state index contributed by atoms with van der Waals surface area (Å²) in [7, 11) is 0. The highest BCUT2D eigenvalue weighted by Gasteiger charge is 2.08. The molecule has 0 amide bonds. The van der Waals surface area contributed by atoms with Crippen LogP contribution in [-0.2, 0) is 6.42 Å². The van der Waals surface area contributed by atoms with Gasteiger partial charge < -0.3 is 0 Å². The number of nitrogens with zero attached hydrogens (tertiary/aromatic N) is 2. The van der Waals surface area contributed by atoms with Gasteiger partial charge in [0.2, 0.25) is 0 Å². The number of hydrogen-bond donors (Lipinski definition) is 0. The second kappa shape index (κ2) is 4.55. The third kappa shape index (κ3) is 1.94. The zero-order chi connectivity index (χ0) is 12.5. The van der Waals surface area contributed by atoms with Crippen molar-refractivity contribution >= 4 is 27.9 Å². The Kier molecular flexibility index (Phi) is 2.89. The number of rotatable bonds is 2. The van der Waals surface area contributed by atoms with Crippen LogP contribution in [0, 0.1) is 0 Å². The van der Waals surface area contributed by atoms with Crippen molar-refractivity contribution in [1.82, 2.24) is 9.38 Å². The number of aromatic nitrogens is 2. The minimum atomic E-state index is -0.0267. The summed E-state index contributed by atoms with van der Waals surface area (Å²) in [5.74, 6) is 0. The Balaban J connectivity index is 2.08. The van der Waals surface area contributed by atoms with Crippen LogP contribution in [0.2, 0.25) is 5.02 Å². The van der Waals surface area contributed by atoms with Gasteiger partial charge in [0.1, 0.15) is 0 Å². The summed E-state index contributed by atoms with van der Waals surface area (Å²) < 4.78 is 1.57. The van der Waals surface area contributed by atoms with E-state index in [1.165, 1.54) is 11.3 Å². The highest BCUT2D eigenvalue weighted by Crippen LogP contribution is 2.17. The van der Waals surface area contributed by atoms with E-state index in [4.69, 9.17) is 11.6 Å². The van der Waals surface area contributed by atoms with Gasteiger partial charge in [0.15, 0.2) is 4.96 Å². The van der Waals surface area contributed by atoms with Gasteiger partial charge in [0.05, 0.1) is 0 Å². The molecule has 5 heteroatoms. The highest BCUT2D eigenvalue weighted by atomic mass is 35.5. The van der Waals surface area contributed by atoms with E-state index < -0.39 is 0 Å². The van der Waals surface area contributed by atoms with Gasteiger partial charge in [-0.2, -0.15) is 0 Å². The molecule has 0 fully saturated rings. The maximum absolute atomic E-state index is 12.2. The van der Waals surface area contributed by atoms with Gasteiger partial charge >= 0.3 is 0 Å². The van der Waals surface area contributed by atoms with Crippen molar-refractivity contribution in [3.8, 4) is 0 Å². The second-order valence-corrected chi connectivity index (χ2v) is 5.19. The third-order valence-corrected chi connectivity index (χ3v) is 3.89. The molecular formula is C13H9ClN2OS. The Labute approximate surface area is 112 Å². The quantitative estimate of drug-likeness (QED) is 0.721. The van der Waals surface area contributed by atoms with E-state index in [-0.39, 0.29) is 5.56 Å². The minimum Gasteiger partial charge on any atom is -0.269 e. The van der Waals surface area contributed by atoms with Crippen molar-refractivity contribution in [2.24, 2.45) is 0 Å². The van der Waals surface area contributed by atoms with E-state index in [0.717, 1.165) is 5.56 Å². The van der Waals surface area contributed by atoms with Crippen LogP contribution in [0.4, 0.5) is 0 Å². The van der Waals surface area contributed by atoms with Crippen molar-refractivity contribution in [3.63, 3.8) is 0 Å². The van der Waals surface area contributed by atoms with Gasteiger partial charge in [-0.1, -0.05) is 29.8 Å². The maximum Gasteiger partial charge on any atom is 0.262 e. The van der Waals surface area contributed by atoms with Crippen molar-refractivity contribution in [1.29, 1.82) is 0 Å². The first-order chi connectivity index (χ1) is 8.75. The molecule has 0 bridgehead atoms. The zero-order valence-electron chi connectivity index (χ0n) is 9.34. The normalized spacial score (nSPS) is 10.9. The Hall–Kier alpha value is -1.65. The Morgan fingerprint density at radius 2 is 2.11 bits per heavy atom. The average molecular weight is 277 g/mol. The third-order valence-electron chi connectivity index (χ3n) is 2.75. The van der Waals surface area contributed by atoms with Crippen molar-refractivity contribution in [2.45, 2.75) is 6.42 Å². The minimum absolute atomic E-state index is 0.0267. The predicted molar refractivity (Wildman–Crippen MR) is 73.6 cm³/mol. The Bertz CT molecular complexity index is 763. The van der Waals surface area contributed by atoms with Crippen LogP contribution in [0.25, 0.3) is 4.96 Å². The van der Waals surface area contributed by atoms with Crippen molar-refractivity contribution in [3.05, 3.63) is 68.5 Å². The smallest absolute Gasteiger partial charge is 0.262 e. The van der Waals surface area contributed by atoms with Crippen LogP contribution in [0.15, 0.2) is 46.8 Å². The number of fused-ring (bicyclic) bond motifs is 1. The van der Waals surface area contributed by atoms with Gasteiger partial charge in [-0.25, -0.2) is 4.98 Å². The number of halogens is 1. The first-order valence-electron chi connectivity index (χ1n) is 5.43.